The zero-order valence-electron chi connectivity index (χ0n) is 14.4. The summed E-state index contributed by atoms with van der Waals surface area (Å²) in [5.41, 5.74) is 1.88. The van der Waals surface area contributed by atoms with E-state index in [4.69, 9.17) is 11.6 Å². The van der Waals surface area contributed by atoms with Gasteiger partial charge < -0.3 is 0 Å². The zero-order valence-corrected chi connectivity index (χ0v) is 16.0. The number of nitrogens with zero attached hydrogens (tertiary/aromatic N) is 1. The van der Waals surface area contributed by atoms with Crippen LogP contribution in [0.1, 0.15) is 24.1 Å². The summed E-state index contributed by atoms with van der Waals surface area (Å²) < 4.78 is 28.2. The molecule has 0 aliphatic rings. The summed E-state index contributed by atoms with van der Waals surface area (Å²) >= 11 is 5.92. The molecule has 0 saturated carbocycles. The van der Waals surface area contributed by atoms with Gasteiger partial charge in [0.05, 0.1) is 4.90 Å². The van der Waals surface area contributed by atoms with Crippen molar-refractivity contribution in [1.29, 1.82) is 0 Å². The molecule has 0 radical (unpaired) electrons. The Morgan fingerprint density at radius 3 is 1.96 bits per heavy atom. The van der Waals surface area contributed by atoms with Crippen LogP contribution in [0.5, 0.6) is 0 Å². The molecule has 1 atom stereocenters. The molecule has 0 fully saturated rings. The molecule has 0 amide bonds. The van der Waals surface area contributed by atoms with Crippen molar-refractivity contribution in [1.82, 2.24) is 4.31 Å². The van der Waals surface area contributed by atoms with Crippen LogP contribution >= 0.6 is 11.6 Å². The third-order valence-electron chi connectivity index (χ3n) is 4.32. The van der Waals surface area contributed by atoms with E-state index in [1.807, 2.05) is 67.6 Å². The molecule has 0 heterocycles. The average molecular weight is 386 g/mol. The monoisotopic (exact) mass is 385 g/mol. The highest BCUT2D eigenvalue weighted by Gasteiger charge is 2.30. The minimum absolute atomic E-state index is 0.237. The molecule has 3 aromatic rings. The number of halogens is 1. The number of benzene rings is 3. The largest absolute Gasteiger partial charge is 0.243 e. The Balaban J connectivity index is 2.03. The van der Waals surface area contributed by atoms with Gasteiger partial charge in [0, 0.05) is 17.6 Å². The van der Waals surface area contributed by atoms with Crippen LogP contribution in [0.4, 0.5) is 0 Å². The molecule has 3 rings (SSSR count). The molecule has 0 N–H and O–H groups in total. The van der Waals surface area contributed by atoms with Crippen LogP contribution in [0.15, 0.2) is 89.8 Å². The van der Waals surface area contributed by atoms with Gasteiger partial charge in [-0.15, -0.1) is 0 Å². The van der Waals surface area contributed by atoms with Gasteiger partial charge in [0.1, 0.15) is 0 Å². The quantitative estimate of drug-likeness (QED) is 0.578. The van der Waals surface area contributed by atoms with E-state index in [2.05, 4.69) is 0 Å². The second-order valence-corrected chi connectivity index (χ2v) is 8.40. The Hall–Kier alpha value is -2.14. The molecule has 0 spiro atoms. The SMILES string of the molecule is CC(c1ccccc1)N(Cc1ccccc1)S(=O)(=O)c1ccc(Cl)cc1. The fraction of sp³-hybridized carbons (Fsp3) is 0.143. The molecule has 5 heteroatoms. The van der Waals surface area contributed by atoms with Crippen LogP contribution in [-0.4, -0.2) is 12.7 Å². The Morgan fingerprint density at radius 1 is 0.846 bits per heavy atom. The highest BCUT2D eigenvalue weighted by molar-refractivity contribution is 7.89. The first-order valence-corrected chi connectivity index (χ1v) is 10.2. The van der Waals surface area contributed by atoms with E-state index in [0.717, 1.165) is 11.1 Å². The van der Waals surface area contributed by atoms with Gasteiger partial charge in [0.2, 0.25) is 10.0 Å². The predicted octanol–water partition coefficient (Wildman–Crippen LogP) is 5.29. The summed E-state index contributed by atoms with van der Waals surface area (Å²) in [5.74, 6) is 0. The first-order valence-electron chi connectivity index (χ1n) is 8.35. The van der Waals surface area contributed by atoms with Crippen molar-refractivity contribution in [3.8, 4) is 0 Å². The fourth-order valence-corrected chi connectivity index (χ4v) is 4.57. The Kier molecular flexibility index (Phi) is 5.77. The molecule has 0 saturated heterocycles. The number of sulfonamides is 1. The van der Waals surface area contributed by atoms with Crippen molar-refractivity contribution in [2.45, 2.75) is 24.4 Å². The van der Waals surface area contributed by atoms with Gasteiger partial charge in [-0.3, -0.25) is 0 Å². The molecule has 3 aromatic carbocycles. The molecular formula is C21H20ClNO2S. The zero-order chi connectivity index (χ0) is 18.6. The lowest BCUT2D eigenvalue weighted by Crippen LogP contribution is -2.33. The van der Waals surface area contributed by atoms with Gasteiger partial charge in [-0.25, -0.2) is 8.42 Å². The van der Waals surface area contributed by atoms with E-state index in [1.165, 1.54) is 4.31 Å². The summed E-state index contributed by atoms with van der Waals surface area (Å²) in [4.78, 5) is 0.237. The summed E-state index contributed by atoms with van der Waals surface area (Å²) in [6, 6.07) is 25.2. The summed E-state index contributed by atoms with van der Waals surface area (Å²) in [5, 5.41) is 0.509. The lowest BCUT2D eigenvalue weighted by atomic mass is 10.1. The van der Waals surface area contributed by atoms with Crippen molar-refractivity contribution in [3.05, 3.63) is 101 Å². The number of hydrogen-bond acceptors (Lipinski definition) is 2. The highest BCUT2D eigenvalue weighted by Crippen LogP contribution is 2.29. The maximum Gasteiger partial charge on any atom is 0.243 e. The standard InChI is InChI=1S/C21H20ClNO2S/c1-17(19-10-6-3-7-11-19)23(16-18-8-4-2-5-9-18)26(24,25)21-14-12-20(22)13-15-21/h2-15,17H,16H2,1H3. The minimum Gasteiger partial charge on any atom is -0.207 e. The van der Waals surface area contributed by atoms with E-state index in [-0.39, 0.29) is 10.9 Å². The molecule has 134 valence electrons. The average Bonchev–Trinajstić information content (AvgIpc) is 2.67. The minimum atomic E-state index is -3.69. The summed E-state index contributed by atoms with van der Waals surface area (Å²) in [6.45, 7) is 2.20. The normalized spacial score (nSPS) is 12.9. The van der Waals surface area contributed by atoms with Crippen molar-refractivity contribution >= 4 is 21.6 Å². The molecule has 0 aliphatic heterocycles. The van der Waals surface area contributed by atoms with Gasteiger partial charge in [0.25, 0.3) is 0 Å². The van der Waals surface area contributed by atoms with Gasteiger partial charge >= 0.3 is 0 Å². The van der Waals surface area contributed by atoms with E-state index in [1.54, 1.807) is 24.3 Å². The smallest absolute Gasteiger partial charge is 0.207 e. The second-order valence-electron chi connectivity index (χ2n) is 6.08. The topological polar surface area (TPSA) is 37.4 Å². The van der Waals surface area contributed by atoms with Crippen molar-refractivity contribution < 1.29 is 8.42 Å². The van der Waals surface area contributed by atoms with E-state index in [0.29, 0.717) is 11.6 Å². The third kappa shape index (κ3) is 4.15. The lowest BCUT2D eigenvalue weighted by Gasteiger charge is -2.29. The van der Waals surface area contributed by atoms with E-state index in [9.17, 15) is 8.42 Å². The van der Waals surface area contributed by atoms with E-state index < -0.39 is 10.0 Å². The van der Waals surface area contributed by atoms with Crippen LogP contribution in [-0.2, 0) is 16.6 Å². The van der Waals surface area contributed by atoms with Gasteiger partial charge in [-0.1, -0.05) is 72.3 Å². The van der Waals surface area contributed by atoms with Crippen LogP contribution in [0, 0.1) is 0 Å². The molecule has 26 heavy (non-hydrogen) atoms. The van der Waals surface area contributed by atoms with Crippen LogP contribution in [0.3, 0.4) is 0 Å². The maximum atomic E-state index is 13.3. The maximum absolute atomic E-state index is 13.3. The number of hydrogen-bond donors (Lipinski definition) is 0. The Bertz CT molecular complexity index is 942. The van der Waals surface area contributed by atoms with E-state index >= 15 is 0 Å². The Morgan fingerprint density at radius 2 is 1.38 bits per heavy atom. The lowest BCUT2D eigenvalue weighted by molar-refractivity contribution is 0.336. The third-order valence-corrected chi connectivity index (χ3v) is 6.50. The van der Waals surface area contributed by atoms with Crippen molar-refractivity contribution in [3.63, 3.8) is 0 Å². The van der Waals surface area contributed by atoms with Gasteiger partial charge in [-0.2, -0.15) is 4.31 Å². The fourth-order valence-electron chi connectivity index (χ4n) is 2.83. The molecule has 0 aromatic heterocycles. The second kappa shape index (κ2) is 8.04. The predicted molar refractivity (Wildman–Crippen MR) is 105 cm³/mol. The summed E-state index contributed by atoms with van der Waals surface area (Å²) in [6.07, 6.45) is 0. The first kappa shape index (κ1) is 18.6. The number of rotatable bonds is 6. The molecule has 1 unspecified atom stereocenters. The van der Waals surface area contributed by atoms with Crippen LogP contribution in [0.25, 0.3) is 0 Å². The van der Waals surface area contributed by atoms with Crippen molar-refractivity contribution in [2.24, 2.45) is 0 Å². The molecule has 0 bridgehead atoms. The molecule has 0 aliphatic carbocycles. The van der Waals surface area contributed by atoms with Crippen LogP contribution < -0.4 is 0 Å². The Labute approximate surface area is 159 Å². The molecule has 3 nitrogen and oxygen atoms in total. The molecular weight excluding hydrogens is 366 g/mol. The summed E-state index contributed by atoms with van der Waals surface area (Å²) in [7, 11) is -3.69. The first-order chi connectivity index (χ1) is 12.5. The van der Waals surface area contributed by atoms with Crippen molar-refractivity contribution in [2.75, 3.05) is 0 Å². The van der Waals surface area contributed by atoms with Crippen LogP contribution in [0.2, 0.25) is 5.02 Å². The highest BCUT2D eigenvalue weighted by atomic mass is 35.5. The van der Waals surface area contributed by atoms with Gasteiger partial charge in [-0.05, 0) is 42.3 Å². The van der Waals surface area contributed by atoms with Gasteiger partial charge in [0.15, 0.2) is 0 Å².